The van der Waals surface area contributed by atoms with Crippen molar-refractivity contribution in [1.29, 1.82) is 0 Å². The summed E-state index contributed by atoms with van der Waals surface area (Å²) in [6.07, 6.45) is 0. The van der Waals surface area contributed by atoms with Gasteiger partial charge in [-0.2, -0.15) is 0 Å². The van der Waals surface area contributed by atoms with E-state index in [0.717, 1.165) is 11.4 Å². The molecule has 1 N–H and O–H groups in total. The molecule has 1 aliphatic heterocycles. The third-order valence-corrected chi connectivity index (χ3v) is 4.63. The Hall–Kier alpha value is -2.87. The number of nitrogens with zero attached hydrogens (tertiary/aromatic N) is 1. The van der Waals surface area contributed by atoms with Crippen molar-refractivity contribution in [1.82, 2.24) is 5.32 Å². The van der Waals surface area contributed by atoms with Gasteiger partial charge in [-0.15, -0.1) is 0 Å². The second-order valence-electron chi connectivity index (χ2n) is 6.30. The summed E-state index contributed by atoms with van der Waals surface area (Å²) in [6.45, 7) is 2.81. The lowest BCUT2D eigenvalue weighted by molar-refractivity contribution is 0.524. The van der Waals surface area contributed by atoms with E-state index in [0.29, 0.717) is 6.54 Å². The van der Waals surface area contributed by atoms with Gasteiger partial charge in [0.05, 0.1) is 6.54 Å². The summed E-state index contributed by atoms with van der Waals surface area (Å²) in [6, 6.07) is 29.7. The van der Waals surface area contributed by atoms with Gasteiger partial charge in [-0.3, -0.25) is 4.99 Å². The topological polar surface area (TPSA) is 24.4 Å². The zero-order chi connectivity index (χ0) is 16.4. The van der Waals surface area contributed by atoms with Gasteiger partial charge in [-0.25, -0.2) is 0 Å². The van der Waals surface area contributed by atoms with Crippen LogP contribution in [0.4, 0.5) is 0 Å². The second-order valence-corrected chi connectivity index (χ2v) is 6.30. The van der Waals surface area contributed by atoms with Crippen molar-refractivity contribution in [3.63, 3.8) is 0 Å². The molecule has 24 heavy (non-hydrogen) atoms. The van der Waals surface area contributed by atoms with Gasteiger partial charge < -0.3 is 5.32 Å². The normalized spacial score (nSPS) is 15.6. The Balaban J connectivity index is 1.78. The fraction of sp³-hybridized carbons (Fsp3) is 0.136. The minimum absolute atomic E-state index is 0.304. The smallest absolute Gasteiger partial charge is 0.129 e. The fourth-order valence-corrected chi connectivity index (χ4v) is 3.37. The molecule has 3 aromatic carbocycles. The summed E-state index contributed by atoms with van der Waals surface area (Å²) < 4.78 is 0. The van der Waals surface area contributed by atoms with E-state index in [9.17, 15) is 0 Å². The van der Waals surface area contributed by atoms with Crippen LogP contribution >= 0.6 is 0 Å². The SMILES string of the molecule is Cc1cccc(C2=NCC(c3ccccc3)(c3ccccc3)N2)c1. The van der Waals surface area contributed by atoms with Gasteiger partial charge in [0.2, 0.25) is 0 Å². The van der Waals surface area contributed by atoms with Crippen LogP contribution in [0.1, 0.15) is 22.3 Å². The van der Waals surface area contributed by atoms with E-state index in [4.69, 9.17) is 4.99 Å². The van der Waals surface area contributed by atoms with Gasteiger partial charge in [0.1, 0.15) is 11.4 Å². The number of rotatable bonds is 3. The Bertz CT molecular complexity index is 827. The van der Waals surface area contributed by atoms with E-state index < -0.39 is 0 Å². The van der Waals surface area contributed by atoms with Gasteiger partial charge in [-0.1, -0.05) is 84.4 Å². The molecule has 0 spiro atoms. The fourth-order valence-electron chi connectivity index (χ4n) is 3.37. The molecular formula is C22H20N2. The molecule has 0 fully saturated rings. The molecule has 0 bridgehead atoms. The molecule has 0 saturated carbocycles. The molecule has 0 atom stereocenters. The van der Waals surface area contributed by atoms with E-state index in [-0.39, 0.29) is 5.54 Å². The Morgan fingerprint density at radius 1 is 0.792 bits per heavy atom. The molecule has 1 aliphatic rings. The van der Waals surface area contributed by atoms with Gasteiger partial charge in [0, 0.05) is 5.56 Å². The molecule has 0 radical (unpaired) electrons. The van der Waals surface area contributed by atoms with Crippen molar-refractivity contribution in [3.05, 3.63) is 107 Å². The predicted octanol–water partition coefficient (Wildman–Crippen LogP) is 4.29. The van der Waals surface area contributed by atoms with E-state index >= 15 is 0 Å². The first kappa shape index (κ1) is 14.7. The molecule has 1 heterocycles. The lowest BCUT2D eigenvalue weighted by Crippen LogP contribution is -2.44. The highest BCUT2D eigenvalue weighted by atomic mass is 15.1. The second kappa shape index (κ2) is 5.97. The minimum Gasteiger partial charge on any atom is -0.355 e. The van der Waals surface area contributed by atoms with Crippen LogP contribution in [-0.4, -0.2) is 12.4 Å². The zero-order valence-corrected chi connectivity index (χ0v) is 13.7. The van der Waals surface area contributed by atoms with Crippen molar-refractivity contribution in [2.24, 2.45) is 4.99 Å². The minimum atomic E-state index is -0.304. The third-order valence-electron chi connectivity index (χ3n) is 4.63. The lowest BCUT2D eigenvalue weighted by Gasteiger charge is -2.31. The molecule has 0 unspecified atom stereocenters. The van der Waals surface area contributed by atoms with Crippen LogP contribution in [0.15, 0.2) is 89.9 Å². The van der Waals surface area contributed by atoms with E-state index in [1.807, 2.05) is 0 Å². The van der Waals surface area contributed by atoms with Crippen molar-refractivity contribution in [2.45, 2.75) is 12.5 Å². The number of aliphatic imine (C=N–C) groups is 1. The van der Waals surface area contributed by atoms with E-state index in [2.05, 4.69) is 97.2 Å². The highest BCUT2D eigenvalue weighted by molar-refractivity contribution is 6.01. The maximum Gasteiger partial charge on any atom is 0.129 e. The number of amidine groups is 1. The Morgan fingerprint density at radius 3 is 2.00 bits per heavy atom. The molecule has 0 amide bonds. The average Bonchev–Trinajstić information content (AvgIpc) is 3.10. The Morgan fingerprint density at radius 2 is 1.42 bits per heavy atom. The standard InChI is InChI=1S/C22H20N2/c1-17-9-8-10-18(15-17)21-23-16-22(24-21,19-11-4-2-5-12-19)20-13-6-3-7-14-20/h2-15H,16H2,1H3,(H,23,24). The van der Waals surface area contributed by atoms with E-state index in [1.165, 1.54) is 16.7 Å². The highest BCUT2D eigenvalue weighted by Crippen LogP contribution is 2.33. The quantitative estimate of drug-likeness (QED) is 0.766. The van der Waals surface area contributed by atoms with Crippen molar-refractivity contribution in [3.8, 4) is 0 Å². The number of hydrogen-bond donors (Lipinski definition) is 1. The Labute approximate surface area is 142 Å². The Kier molecular flexibility index (Phi) is 3.66. The summed E-state index contributed by atoms with van der Waals surface area (Å²) >= 11 is 0. The van der Waals surface area contributed by atoms with Gasteiger partial charge in [0.15, 0.2) is 0 Å². The van der Waals surface area contributed by atoms with Crippen molar-refractivity contribution < 1.29 is 0 Å². The van der Waals surface area contributed by atoms with Crippen molar-refractivity contribution in [2.75, 3.05) is 6.54 Å². The van der Waals surface area contributed by atoms with Crippen LogP contribution < -0.4 is 5.32 Å². The lowest BCUT2D eigenvalue weighted by atomic mass is 9.83. The zero-order valence-electron chi connectivity index (χ0n) is 13.7. The predicted molar refractivity (Wildman–Crippen MR) is 99.4 cm³/mol. The molecule has 0 aromatic heterocycles. The monoisotopic (exact) mass is 312 g/mol. The van der Waals surface area contributed by atoms with Gasteiger partial charge in [-0.05, 0) is 24.1 Å². The van der Waals surface area contributed by atoms with Crippen LogP contribution in [0, 0.1) is 6.92 Å². The largest absolute Gasteiger partial charge is 0.355 e. The molecule has 2 nitrogen and oxygen atoms in total. The molecule has 3 aromatic rings. The summed E-state index contributed by atoms with van der Waals surface area (Å²) in [7, 11) is 0. The number of aryl methyl sites for hydroxylation is 1. The van der Waals surface area contributed by atoms with E-state index in [1.54, 1.807) is 0 Å². The molecule has 4 rings (SSSR count). The number of benzene rings is 3. The van der Waals surface area contributed by atoms with Crippen LogP contribution in [0.5, 0.6) is 0 Å². The number of hydrogen-bond acceptors (Lipinski definition) is 2. The van der Waals surface area contributed by atoms with Gasteiger partial charge in [0.25, 0.3) is 0 Å². The molecule has 2 heteroatoms. The molecule has 0 aliphatic carbocycles. The summed E-state index contributed by atoms with van der Waals surface area (Å²) in [5, 5.41) is 3.73. The first-order valence-corrected chi connectivity index (χ1v) is 8.29. The molecule has 0 saturated heterocycles. The third kappa shape index (κ3) is 2.50. The summed E-state index contributed by atoms with van der Waals surface area (Å²) in [5.41, 5.74) is 4.56. The maximum atomic E-state index is 4.86. The molecule has 118 valence electrons. The van der Waals surface area contributed by atoms with Crippen LogP contribution in [0.2, 0.25) is 0 Å². The van der Waals surface area contributed by atoms with Crippen LogP contribution in [-0.2, 0) is 5.54 Å². The first-order valence-electron chi connectivity index (χ1n) is 8.29. The average molecular weight is 312 g/mol. The maximum absolute atomic E-state index is 4.86. The highest BCUT2D eigenvalue weighted by Gasteiger charge is 2.39. The molecular weight excluding hydrogens is 292 g/mol. The summed E-state index contributed by atoms with van der Waals surface area (Å²) in [4.78, 5) is 4.86. The summed E-state index contributed by atoms with van der Waals surface area (Å²) in [5.74, 6) is 0.964. The van der Waals surface area contributed by atoms with Crippen LogP contribution in [0.3, 0.4) is 0 Å². The first-order chi connectivity index (χ1) is 11.8. The number of nitrogens with one attached hydrogen (secondary N) is 1. The van der Waals surface area contributed by atoms with Crippen LogP contribution in [0.25, 0.3) is 0 Å². The van der Waals surface area contributed by atoms with Crippen molar-refractivity contribution >= 4 is 5.84 Å². The van der Waals surface area contributed by atoms with Gasteiger partial charge >= 0.3 is 0 Å².